The zero-order valence-corrected chi connectivity index (χ0v) is 24.8. The van der Waals surface area contributed by atoms with Gasteiger partial charge in [0.25, 0.3) is 5.91 Å². The van der Waals surface area contributed by atoms with E-state index in [2.05, 4.69) is 14.8 Å². The summed E-state index contributed by atoms with van der Waals surface area (Å²) in [5, 5.41) is 26.1. The first kappa shape index (κ1) is 33.7. The average Bonchev–Trinajstić information content (AvgIpc) is 3.52. The smallest absolute Gasteiger partial charge is 0.341 e. The van der Waals surface area contributed by atoms with Gasteiger partial charge in [-0.2, -0.15) is 0 Å². The number of aliphatic hydroxyl groups is 2. The molecule has 1 saturated heterocycles. The highest BCUT2D eigenvalue weighted by Crippen LogP contribution is 2.40. The second kappa shape index (κ2) is 14.1. The van der Waals surface area contributed by atoms with Crippen molar-refractivity contribution in [2.45, 2.75) is 76.0 Å². The summed E-state index contributed by atoms with van der Waals surface area (Å²) >= 11 is 0. The zero-order chi connectivity index (χ0) is 31.4. The molecule has 238 valence electrons. The van der Waals surface area contributed by atoms with Crippen LogP contribution in [0, 0.1) is 11.8 Å². The minimum Gasteiger partial charge on any atom is -0.726 e. The number of nitrogens with one attached hydrogen (secondary N) is 2. The van der Waals surface area contributed by atoms with Gasteiger partial charge in [-0.3, -0.25) is 34.6 Å². The molecule has 1 aliphatic carbocycles. The summed E-state index contributed by atoms with van der Waals surface area (Å²) < 4.78 is 43.4. The van der Waals surface area contributed by atoms with Crippen molar-refractivity contribution in [1.82, 2.24) is 15.5 Å². The predicted molar refractivity (Wildman–Crippen MR) is 146 cm³/mol. The Hall–Kier alpha value is -2.83. The fourth-order valence-corrected chi connectivity index (χ4v) is 6.06. The summed E-state index contributed by atoms with van der Waals surface area (Å²) in [5.74, 6) is -2.40. The monoisotopic (exact) mass is 618 g/mol. The molecule has 3 amide bonds. The Morgan fingerprint density at radius 2 is 1.86 bits per heavy atom. The van der Waals surface area contributed by atoms with Crippen molar-refractivity contribution < 1.29 is 51.1 Å². The van der Waals surface area contributed by atoms with Crippen LogP contribution in [0.5, 0.6) is 0 Å². The molecule has 0 bridgehead atoms. The van der Waals surface area contributed by atoms with Crippen molar-refractivity contribution >= 4 is 34.1 Å². The SMILES string of the molecule is COC(COS(=O)(=O)[O-])C(=O)NC(C(=O)N1[C@H](C(=O)NCCC2=CC[N+](=C(N)N)C2)C[C@@H]2C[C@H](O)[C@@H](O)C[C@@H]21)C(C)C. The van der Waals surface area contributed by atoms with E-state index >= 15 is 0 Å². The topological polar surface area (TPSA) is 250 Å². The van der Waals surface area contributed by atoms with Crippen LogP contribution in [0.1, 0.15) is 39.5 Å². The highest BCUT2D eigenvalue weighted by molar-refractivity contribution is 7.80. The molecular weight excluding hydrogens is 576 g/mol. The Labute approximate surface area is 245 Å². The molecule has 8 N–H and O–H groups in total. The summed E-state index contributed by atoms with van der Waals surface area (Å²) in [5.41, 5.74) is 12.3. The molecule has 7 atom stereocenters. The lowest BCUT2D eigenvalue weighted by atomic mass is 9.81. The molecule has 2 unspecified atom stereocenters. The maximum atomic E-state index is 14.0. The van der Waals surface area contributed by atoms with Gasteiger partial charge in [0.1, 0.15) is 18.7 Å². The summed E-state index contributed by atoms with van der Waals surface area (Å²) in [6.07, 6.45) is -0.554. The van der Waals surface area contributed by atoms with Crippen LogP contribution < -0.4 is 22.1 Å². The van der Waals surface area contributed by atoms with E-state index in [0.29, 0.717) is 26.1 Å². The molecule has 3 rings (SSSR count). The third kappa shape index (κ3) is 8.38. The molecule has 2 fully saturated rings. The molecule has 17 heteroatoms. The third-order valence-corrected chi connectivity index (χ3v) is 8.49. The zero-order valence-electron chi connectivity index (χ0n) is 24.0. The van der Waals surface area contributed by atoms with Crippen LogP contribution in [0.15, 0.2) is 11.6 Å². The summed E-state index contributed by atoms with van der Waals surface area (Å²) in [6, 6.07) is -2.65. The first-order valence-corrected chi connectivity index (χ1v) is 15.2. The first-order valence-electron chi connectivity index (χ1n) is 13.8. The molecule has 3 aliphatic rings. The maximum absolute atomic E-state index is 14.0. The van der Waals surface area contributed by atoms with Gasteiger partial charge < -0.3 is 35.0 Å². The molecule has 0 aromatic rings. The van der Waals surface area contributed by atoms with Gasteiger partial charge in [-0.05, 0) is 49.2 Å². The first-order chi connectivity index (χ1) is 19.6. The van der Waals surface area contributed by atoms with Crippen molar-refractivity contribution in [3.63, 3.8) is 0 Å². The minimum absolute atomic E-state index is 0.0513. The summed E-state index contributed by atoms with van der Waals surface area (Å²) in [4.78, 5) is 41.7. The largest absolute Gasteiger partial charge is 0.726 e. The van der Waals surface area contributed by atoms with Crippen molar-refractivity contribution in [2.24, 2.45) is 23.3 Å². The third-order valence-electron chi connectivity index (χ3n) is 8.07. The maximum Gasteiger partial charge on any atom is 0.341 e. The number of fused-ring (bicyclic) bond motifs is 1. The Balaban J connectivity index is 1.76. The molecule has 2 heterocycles. The number of carbonyl (C=O) groups excluding carboxylic acids is 3. The number of methoxy groups -OCH3 is 1. The average molecular weight is 619 g/mol. The van der Waals surface area contributed by atoms with Crippen LogP contribution in [0.2, 0.25) is 0 Å². The van der Waals surface area contributed by atoms with Gasteiger partial charge in [0, 0.05) is 19.7 Å². The van der Waals surface area contributed by atoms with E-state index in [0.717, 1.165) is 12.7 Å². The molecule has 0 spiro atoms. The summed E-state index contributed by atoms with van der Waals surface area (Å²) in [7, 11) is -3.98. The van der Waals surface area contributed by atoms with Crippen LogP contribution >= 0.6 is 0 Å². The minimum atomic E-state index is -5.09. The molecule has 16 nitrogen and oxygen atoms in total. The lowest BCUT2D eigenvalue weighted by molar-refractivity contribution is -0.503. The van der Waals surface area contributed by atoms with Gasteiger partial charge in [-0.1, -0.05) is 13.8 Å². The lowest BCUT2D eigenvalue weighted by Gasteiger charge is -2.39. The van der Waals surface area contributed by atoms with Crippen LogP contribution in [0.4, 0.5) is 0 Å². The van der Waals surface area contributed by atoms with E-state index in [1.54, 1.807) is 18.4 Å². The second-order valence-corrected chi connectivity index (χ2v) is 12.3. The van der Waals surface area contributed by atoms with E-state index in [1.165, 1.54) is 4.90 Å². The summed E-state index contributed by atoms with van der Waals surface area (Å²) in [6.45, 7) is 3.89. The quantitative estimate of drug-likeness (QED) is 0.0409. The van der Waals surface area contributed by atoms with Crippen LogP contribution in [-0.2, 0) is 33.7 Å². The van der Waals surface area contributed by atoms with Gasteiger partial charge in [0.05, 0.1) is 25.3 Å². The number of hydrogen-bond acceptors (Lipinski definition) is 10. The normalized spacial score (nSPS) is 27.3. The van der Waals surface area contributed by atoms with Crippen LogP contribution in [-0.4, -0.2) is 126 Å². The number of nitrogens with two attached hydrogens (primary N) is 2. The van der Waals surface area contributed by atoms with Gasteiger partial charge in [0.15, 0.2) is 6.10 Å². The van der Waals surface area contributed by atoms with E-state index in [1.807, 2.05) is 6.08 Å². The Morgan fingerprint density at radius 1 is 1.19 bits per heavy atom. The van der Waals surface area contributed by atoms with Crippen LogP contribution in [0.25, 0.3) is 0 Å². The fourth-order valence-electron chi connectivity index (χ4n) is 5.77. The number of aliphatic hydroxyl groups excluding tert-OH is 2. The number of rotatable bonds is 12. The van der Waals surface area contributed by atoms with Gasteiger partial charge in [0.2, 0.25) is 22.2 Å². The molecule has 0 aromatic carbocycles. The van der Waals surface area contributed by atoms with E-state index in [9.17, 15) is 37.6 Å². The standard InChI is InChI=1S/C25H42N6O10S/c1-13(2)21(29-23(35)20(40-3)12-41-42(37,38)39)24(36)31-16-10-19(33)18(32)9-15(16)8-17(31)22(34)28-6-4-14-5-7-30(11-14)25(26)27/h5,13,15-21,32-33H,4,6-12H2,1-3H3,(H6,26,27,28,29,34,35,37,38,39)/t15-,16+,17+,18+,19+,20?,21?/m1/s1. The van der Waals surface area contributed by atoms with Crippen molar-refractivity contribution in [1.29, 1.82) is 0 Å². The molecule has 1 saturated carbocycles. The number of hydrogen-bond donors (Lipinski definition) is 6. The van der Waals surface area contributed by atoms with Gasteiger partial charge in [-0.15, -0.1) is 0 Å². The van der Waals surface area contributed by atoms with E-state index in [4.69, 9.17) is 16.2 Å². The number of ether oxygens (including phenoxy) is 1. The molecule has 0 aromatic heterocycles. The van der Waals surface area contributed by atoms with E-state index in [-0.39, 0.29) is 31.1 Å². The fraction of sp³-hybridized carbons (Fsp3) is 0.760. The number of amides is 3. The number of likely N-dealkylation sites (tertiary alicyclic amines) is 1. The van der Waals surface area contributed by atoms with Crippen molar-refractivity contribution in [2.75, 3.05) is 33.4 Å². The Bertz CT molecular complexity index is 1190. The predicted octanol–water partition coefficient (Wildman–Crippen LogP) is -3.55. The highest BCUT2D eigenvalue weighted by Gasteiger charge is 2.52. The van der Waals surface area contributed by atoms with Crippen molar-refractivity contribution in [3.8, 4) is 0 Å². The van der Waals surface area contributed by atoms with Gasteiger partial charge >= 0.3 is 5.96 Å². The molecular formula is C25H42N6O10S. The Morgan fingerprint density at radius 3 is 2.43 bits per heavy atom. The van der Waals surface area contributed by atoms with E-state index < -0.39 is 77.1 Å². The lowest BCUT2D eigenvalue weighted by Crippen LogP contribution is -2.60. The Kier molecular flexibility index (Phi) is 11.3. The second-order valence-electron chi connectivity index (χ2n) is 11.3. The number of nitrogens with zero attached hydrogens (tertiary/aromatic N) is 2. The van der Waals surface area contributed by atoms with Gasteiger partial charge in [-0.25, -0.2) is 8.42 Å². The molecule has 0 radical (unpaired) electrons. The highest BCUT2D eigenvalue weighted by atomic mass is 32.3. The van der Waals surface area contributed by atoms with Crippen molar-refractivity contribution in [3.05, 3.63) is 11.6 Å². The van der Waals surface area contributed by atoms with Crippen LogP contribution in [0.3, 0.4) is 0 Å². The number of carbonyl (C=O) groups is 3. The number of guanidine groups is 1. The molecule has 42 heavy (non-hydrogen) atoms. The molecule has 2 aliphatic heterocycles.